The van der Waals surface area contributed by atoms with Crippen LogP contribution in [-0.4, -0.2) is 19.7 Å². The summed E-state index contributed by atoms with van der Waals surface area (Å²) >= 11 is 0. The number of guanidine groups is 1. The largest absolute Gasteiger partial charge is 0.493 e. The quantitative estimate of drug-likeness (QED) is 0.388. The lowest BCUT2D eigenvalue weighted by atomic mass is 10.1. The van der Waals surface area contributed by atoms with Crippen molar-refractivity contribution in [3.63, 3.8) is 0 Å². The second-order valence-electron chi connectivity index (χ2n) is 5.54. The molecule has 0 radical (unpaired) electrons. The van der Waals surface area contributed by atoms with E-state index in [-0.39, 0.29) is 24.0 Å². The topological polar surface area (TPSA) is 68.9 Å². The summed E-state index contributed by atoms with van der Waals surface area (Å²) in [4.78, 5) is 4.39. The second kappa shape index (κ2) is 10.1. The molecule has 25 heavy (non-hydrogen) atoms. The van der Waals surface area contributed by atoms with E-state index in [1.54, 1.807) is 7.11 Å². The summed E-state index contributed by atoms with van der Waals surface area (Å²) in [6, 6.07) is 11.9. The first-order valence-corrected chi connectivity index (χ1v) is 7.97. The number of hydrogen-bond donors (Lipinski definition) is 2. The lowest BCUT2D eigenvalue weighted by Crippen LogP contribution is -2.22. The van der Waals surface area contributed by atoms with E-state index in [1.165, 1.54) is 11.1 Å². The summed E-state index contributed by atoms with van der Waals surface area (Å²) in [5, 5.41) is 3.11. The Bertz CT molecular complexity index is 733. The Labute approximate surface area is 166 Å². The highest BCUT2D eigenvalue weighted by atomic mass is 127. The van der Waals surface area contributed by atoms with Crippen LogP contribution in [-0.2, 0) is 6.54 Å². The number of anilines is 1. The van der Waals surface area contributed by atoms with Gasteiger partial charge in [-0.05, 0) is 61.7 Å². The summed E-state index contributed by atoms with van der Waals surface area (Å²) in [5.74, 6) is 1.81. The first-order chi connectivity index (χ1) is 11.5. The van der Waals surface area contributed by atoms with E-state index in [9.17, 15) is 0 Å². The zero-order chi connectivity index (χ0) is 17.5. The summed E-state index contributed by atoms with van der Waals surface area (Å²) in [5.41, 5.74) is 10.4. The minimum absolute atomic E-state index is 0. The van der Waals surface area contributed by atoms with Crippen molar-refractivity contribution in [3.05, 3.63) is 53.1 Å². The smallest absolute Gasteiger partial charge is 0.193 e. The Morgan fingerprint density at radius 3 is 2.48 bits per heavy atom. The van der Waals surface area contributed by atoms with Crippen molar-refractivity contribution in [1.82, 2.24) is 0 Å². The van der Waals surface area contributed by atoms with Gasteiger partial charge in [0.05, 0.1) is 20.3 Å². The second-order valence-corrected chi connectivity index (χ2v) is 5.54. The van der Waals surface area contributed by atoms with Gasteiger partial charge in [0.25, 0.3) is 0 Å². The van der Waals surface area contributed by atoms with Gasteiger partial charge in [-0.15, -0.1) is 24.0 Å². The van der Waals surface area contributed by atoms with E-state index < -0.39 is 0 Å². The van der Waals surface area contributed by atoms with E-state index in [0.717, 1.165) is 11.3 Å². The Balaban J connectivity index is 0.00000312. The van der Waals surface area contributed by atoms with E-state index in [0.29, 0.717) is 30.6 Å². The molecule has 0 aliphatic rings. The summed E-state index contributed by atoms with van der Waals surface area (Å²) in [7, 11) is 1.63. The molecule has 0 aliphatic heterocycles. The summed E-state index contributed by atoms with van der Waals surface area (Å²) in [6.07, 6.45) is 0. The Hall–Kier alpha value is -1.96. The predicted molar refractivity (Wildman–Crippen MR) is 114 cm³/mol. The average molecular weight is 455 g/mol. The third kappa shape index (κ3) is 6.12. The summed E-state index contributed by atoms with van der Waals surface area (Å²) in [6.45, 7) is 7.14. The number of aryl methyl sites for hydroxylation is 2. The maximum Gasteiger partial charge on any atom is 0.193 e. The van der Waals surface area contributed by atoms with Crippen LogP contribution in [0.4, 0.5) is 5.69 Å². The first kappa shape index (κ1) is 21.1. The highest BCUT2D eigenvalue weighted by Gasteiger charge is 2.05. The van der Waals surface area contributed by atoms with E-state index in [1.807, 2.05) is 31.2 Å². The molecule has 136 valence electrons. The molecule has 2 rings (SSSR count). The monoisotopic (exact) mass is 455 g/mol. The number of nitrogens with two attached hydrogens (primary N) is 1. The molecule has 0 aliphatic carbocycles. The lowest BCUT2D eigenvalue weighted by molar-refractivity contribution is 0.310. The molecule has 0 atom stereocenters. The average Bonchev–Trinajstić information content (AvgIpc) is 2.57. The number of hydrogen-bond acceptors (Lipinski definition) is 3. The third-order valence-corrected chi connectivity index (χ3v) is 3.74. The van der Waals surface area contributed by atoms with Crippen LogP contribution in [0.15, 0.2) is 41.4 Å². The minimum atomic E-state index is 0. The Morgan fingerprint density at radius 2 is 1.84 bits per heavy atom. The Kier molecular flexibility index (Phi) is 8.54. The molecule has 0 unspecified atom stereocenters. The van der Waals surface area contributed by atoms with Gasteiger partial charge in [-0.3, -0.25) is 0 Å². The molecule has 0 saturated carbocycles. The Morgan fingerprint density at radius 1 is 1.08 bits per heavy atom. The predicted octanol–water partition coefficient (Wildman–Crippen LogP) is 4.26. The number of rotatable bonds is 6. The van der Waals surface area contributed by atoms with Crippen molar-refractivity contribution < 1.29 is 9.47 Å². The minimum Gasteiger partial charge on any atom is -0.493 e. The molecule has 0 amide bonds. The number of benzene rings is 2. The van der Waals surface area contributed by atoms with Gasteiger partial charge in [0, 0.05) is 5.69 Å². The molecule has 3 N–H and O–H groups in total. The molecule has 0 spiro atoms. The van der Waals surface area contributed by atoms with Crippen molar-refractivity contribution >= 4 is 35.6 Å². The highest BCUT2D eigenvalue weighted by Crippen LogP contribution is 2.28. The molecule has 0 saturated heterocycles. The van der Waals surface area contributed by atoms with Crippen molar-refractivity contribution in [3.8, 4) is 11.5 Å². The maximum absolute atomic E-state index is 5.98. The van der Waals surface area contributed by atoms with Crippen LogP contribution in [0.1, 0.15) is 23.6 Å². The zero-order valence-electron chi connectivity index (χ0n) is 15.1. The van der Waals surface area contributed by atoms with Crippen molar-refractivity contribution in [2.75, 3.05) is 19.0 Å². The number of aliphatic imine (C=N–C) groups is 1. The number of halogens is 1. The SMILES string of the molecule is CCOc1cc(CN=C(N)Nc2ccc(C)c(C)c2)ccc1OC.I. The van der Waals surface area contributed by atoms with Gasteiger partial charge in [-0.2, -0.15) is 0 Å². The number of ether oxygens (including phenoxy) is 2. The van der Waals surface area contributed by atoms with Crippen molar-refractivity contribution in [2.24, 2.45) is 10.7 Å². The molecule has 2 aromatic rings. The zero-order valence-corrected chi connectivity index (χ0v) is 17.5. The normalized spacial score (nSPS) is 10.8. The molecule has 2 aromatic carbocycles. The molecule has 0 aromatic heterocycles. The van der Waals surface area contributed by atoms with Gasteiger partial charge in [0.1, 0.15) is 0 Å². The van der Waals surface area contributed by atoms with Crippen molar-refractivity contribution in [1.29, 1.82) is 0 Å². The fourth-order valence-corrected chi connectivity index (χ4v) is 2.27. The van der Waals surface area contributed by atoms with Gasteiger partial charge in [0.15, 0.2) is 17.5 Å². The standard InChI is InChI=1S/C19H25N3O2.HI/c1-5-24-18-11-15(7-9-17(18)23-4)12-21-19(20)22-16-8-6-13(2)14(3)10-16;/h6-11H,5,12H2,1-4H3,(H3,20,21,22);1H. The van der Waals surface area contributed by atoms with Crippen LogP contribution in [0.25, 0.3) is 0 Å². The number of nitrogens with zero attached hydrogens (tertiary/aromatic N) is 1. The van der Waals surface area contributed by atoms with Gasteiger partial charge in [-0.1, -0.05) is 12.1 Å². The fourth-order valence-electron chi connectivity index (χ4n) is 2.27. The van der Waals surface area contributed by atoms with E-state index in [2.05, 4.69) is 36.3 Å². The van der Waals surface area contributed by atoms with Gasteiger partial charge in [0.2, 0.25) is 0 Å². The highest BCUT2D eigenvalue weighted by molar-refractivity contribution is 14.0. The summed E-state index contributed by atoms with van der Waals surface area (Å²) < 4.78 is 10.9. The first-order valence-electron chi connectivity index (χ1n) is 7.97. The molecule has 5 nitrogen and oxygen atoms in total. The van der Waals surface area contributed by atoms with Crippen molar-refractivity contribution in [2.45, 2.75) is 27.3 Å². The van der Waals surface area contributed by atoms with Gasteiger partial charge >= 0.3 is 0 Å². The molecule has 0 heterocycles. The van der Waals surface area contributed by atoms with E-state index >= 15 is 0 Å². The molecular formula is C19H26IN3O2. The maximum atomic E-state index is 5.98. The molecular weight excluding hydrogens is 429 g/mol. The van der Waals surface area contributed by atoms with Crippen LogP contribution >= 0.6 is 24.0 Å². The number of methoxy groups -OCH3 is 1. The molecule has 0 bridgehead atoms. The molecule has 0 fully saturated rings. The van der Waals surface area contributed by atoms with Crippen LogP contribution in [0, 0.1) is 13.8 Å². The van der Waals surface area contributed by atoms with Crippen LogP contribution < -0.4 is 20.5 Å². The van der Waals surface area contributed by atoms with Crippen LogP contribution in [0.2, 0.25) is 0 Å². The van der Waals surface area contributed by atoms with Crippen LogP contribution in [0.3, 0.4) is 0 Å². The fraction of sp³-hybridized carbons (Fsp3) is 0.316. The molecule has 6 heteroatoms. The van der Waals surface area contributed by atoms with E-state index in [4.69, 9.17) is 15.2 Å². The van der Waals surface area contributed by atoms with Crippen LogP contribution in [0.5, 0.6) is 11.5 Å². The van der Waals surface area contributed by atoms with Gasteiger partial charge in [-0.25, -0.2) is 4.99 Å². The van der Waals surface area contributed by atoms with Gasteiger partial charge < -0.3 is 20.5 Å². The number of nitrogens with one attached hydrogen (secondary N) is 1. The third-order valence-electron chi connectivity index (χ3n) is 3.74. The lowest BCUT2D eigenvalue weighted by Gasteiger charge is -2.11.